The van der Waals surface area contributed by atoms with Crippen LogP contribution in [-0.4, -0.2) is 6.54 Å². The number of fused-ring (bicyclic) bond motifs is 1. The number of halogens is 1. The van der Waals surface area contributed by atoms with Gasteiger partial charge in [-0.2, -0.15) is 0 Å². The molecule has 0 fully saturated rings. The van der Waals surface area contributed by atoms with Crippen LogP contribution in [0.25, 0.3) is 22.3 Å². The maximum Gasteiger partial charge on any atom is 0.135 e. The molecule has 108 valence electrons. The van der Waals surface area contributed by atoms with Gasteiger partial charge in [0, 0.05) is 22.5 Å². The minimum Gasteiger partial charge on any atom is -0.456 e. The van der Waals surface area contributed by atoms with Gasteiger partial charge in [-0.1, -0.05) is 36.7 Å². The first-order chi connectivity index (χ1) is 10.3. The molecule has 2 aromatic carbocycles. The summed E-state index contributed by atoms with van der Waals surface area (Å²) in [5.41, 5.74) is 3.07. The summed E-state index contributed by atoms with van der Waals surface area (Å²) in [5.74, 6) is 0.879. The van der Waals surface area contributed by atoms with Gasteiger partial charge in [-0.3, -0.25) is 0 Å². The van der Waals surface area contributed by atoms with Crippen LogP contribution in [0, 0.1) is 0 Å². The third kappa shape index (κ3) is 3.12. The second kappa shape index (κ2) is 6.33. The summed E-state index contributed by atoms with van der Waals surface area (Å²) in [6.45, 7) is 3.92. The molecule has 0 saturated carbocycles. The highest BCUT2D eigenvalue weighted by molar-refractivity contribution is 6.31. The number of benzene rings is 2. The largest absolute Gasteiger partial charge is 0.456 e. The molecule has 3 aromatic rings. The predicted octanol–water partition coefficient (Wildman–Crippen LogP) is 5.25. The summed E-state index contributed by atoms with van der Waals surface area (Å²) < 4.78 is 5.91. The fourth-order valence-electron chi connectivity index (χ4n) is 2.39. The van der Waals surface area contributed by atoms with Crippen molar-refractivity contribution in [2.45, 2.75) is 19.9 Å². The topological polar surface area (TPSA) is 25.2 Å². The van der Waals surface area contributed by atoms with Crippen molar-refractivity contribution in [1.29, 1.82) is 0 Å². The van der Waals surface area contributed by atoms with Crippen LogP contribution in [0.2, 0.25) is 5.02 Å². The molecule has 1 N–H and O–H groups in total. The van der Waals surface area contributed by atoms with Crippen molar-refractivity contribution in [3.8, 4) is 11.3 Å². The molecule has 3 rings (SSSR count). The number of para-hydroxylation sites is 1. The third-order valence-corrected chi connectivity index (χ3v) is 3.87. The molecule has 0 unspecified atom stereocenters. The molecule has 0 aliphatic heterocycles. The molecular formula is C18H18ClNO. The van der Waals surface area contributed by atoms with Crippen LogP contribution in [0.4, 0.5) is 0 Å². The quantitative estimate of drug-likeness (QED) is 0.651. The van der Waals surface area contributed by atoms with Gasteiger partial charge >= 0.3 is 0 Å². The number of rotatable bonds is 5. The van der Waals surface area contributed by atoms with E-state index >= 15 is 0 Å². The maximum absolute atomic E-state index is 6.27. The van der Waals surface area contributed by atoms with Gasteiger partial charge in [-0.25, -0.2) is 0 Å². The predicted molar refractivity (Wildman–Crippen MR) is 88.7 cm³/mol. The standard InChI is InChI=1S/C18H18ClNO/c1-2-9-20-12-15-10-14(7-8-16(15)19)18-11-13-5-3-4-6-17(13)21-18/h3-8,10-11,20H,2,9,12H2,1H3. The highest BCUT2D eigenvalue weighted by Gasteiger charge is 2.08. The fraction of sp³-hybridized carbons (Fsp3) is 0.222. The highest BCUT2D eigenvalue weighted by atomic mass is 35.5. The van der Waals surface area contributed by atoms with Crippen LogP contribution in [-0.2, 0) is 6.54 Å². The Morgan fingerprint density at radius 3 is 2.76 bits per heavy atom. The zero-order chi connectivity index (χ0) is 14.7. The van der Waals surface area contributed by atoms with E-state index in [1.807, 2.05) is 30.3 Å². The smallest absolute Gasteiger partial charge is 0.135 e. The second-order valence-electron chi connectivity index (χ2n) is 5.13. The number of hydrogen-bond acceptors (Lipinski definition) is 2. The van der Waals surface area contributed by atoms with E-state index in [1.54, 1.807) is 0 Å². The maximum atomic E-state index is 6.27. The van der Waals surface area contributed by atoms with E-state index in [0.717, 1.165) is 52.4 Å². The van der Waals surface area contributed by atoms with Gasteiger partial charge in [0.05, 0.1) is 0 Å². The Labute approximate surface area is 129 Å². The van der Waals surface area contributed by atoms with Crippen LogP contribution in [0.15, 0.2) is 52.9 Å². The van der Waals surface area contributed by atoms with Crippen LogP contribution in [0.5, 0.6) is 0 Å². The molecule has 0 radical (unpaired) electrons. The van der Waals surface area contributed by atoms with E-state index < -0.39 is 0 Å². The number of nitrogens with one attached hydrogen (secondary N) is 1. The first kappa shape index (κ1) is 14.2. The Morgan fingerprint density at radius 2 is 1.95 bits per heavy atom. The van der Waals surface area contributed by atoms with Gasteiger partial charge in [-0.05, 0) is 48.9 Å². The van der Waals surface area contributed by atoms with Gasteiger partial charge in [0.15, 0.2) is 0 Å². The number of hydrogen-bond donors (Lipinski definition) is 1. The van der Waals surface area contributed by atoms with Crippen molar-refractivity contribution in [1.82, 2.24) is 5.32 Å². The Kier molecular flexibility index (Phi) is 4.28. The average molecular weight is 300 g/mol. The molecule has 0 atom stereocenters. The minimum absolute atomic E-state index is 0.779. The van der Waals surface area contributed by atoms with Crippen molar-refractivity contribution in [3.63, 3.8) is 0 Å². The lowest BCUT2D eigenvalue weighted by molar-refractivity contribution is 0.631. The van der Waals surface area contributed by atoms with E-state index in [1.165, 1.54) is 0 Å². The van der Waals surface area contributed by atoms with E-state index in [4.69, 9.17) is 16.0 Å². The molecular weight excluding hydrogens is 282 g/mol. The molecule has 0 amide bonds. The first-order valence-electron chi connectivity index (χ1n) is 7.26. The van der Waals surface area contributed by atoms with Crippen molar-refractivity contribution in [3.05, 3.63) is 59.1 Å². The summed E-state index contributed by atoms with van der Waals surface area (Å²) in [6, 6.07) is 16.2. The van der Waals surface area contributed by atoms with Gasteiger partial charge in [0.25, 0.3) is 0 Å². The fourth-order valence-corrected chi connectivity index (χ4v) is 2.57. The molecule has 0 aliphatic carbocycles. The Bertz CT molecular complexity index is 715. The van der Waals surface area contributed by atoms with Crippen molar-refractivity contribution in [2.24, 2.45) is 0 Å². The molecule has 1 heterocycles. The van der Waals surface area contributed by atoms with E-state index in [9.17, 15) is 0 Å². The van der Waals surface area contributed by atoms with Gasteiger partial charge in [0.2, 0.25) is 0 Å². The van der Waals surface area contributed by atoms with Crippen LogP contribution < -0.4 is 5.32 Å². The normalized spacial score (nSPS) is 11.1. The zero-order valence-corrected chi connectivity index (χ0v) is 12.8. The van der Waals surface area contributed by atoms with Crippen molar-refractivity contribution >= 4 is 22.6 Å². The zero-order valence-electron chi connectivity index (χ0n) is 12.0. The monoisotopic (exact) mass is 299 g/mol. The van der Waals surface area contributed by atoms with Gasteiger partial charge in [-0.15, -0.1) is 0 Å². The molecule has 21 heavy (non-hydrogen) atoms. The lowest BCUT2D eigenvalue weighted by atomic mass is 10.1. The lowest BCUT2D eigenvalue weighted by Crippen LogP contribution is -2.14. The SMILES string of the molecule is CCCNCc1cc(-c2cc3ccccc3o2)ccc1Cl. The van der Waals surface area contributed by atoms with Gasteiger partial charge < -0.3 is 9.73 Å². The van der Waals surface area contributed by atoms with Crippen molar-refractivity contribution < 1.29 is 4.42 Å². The summed E-state index contributed by atoms with van der Waals surface area (Å²) in [7, 11) is 0. The van der Waals surface area contributed by atoms with Crippen molar-refractivity contribution in [2.75, 3.05) is 6.54 Å². The average Bonchev–Trinajstić information content (AvgIpc) is 2.93. The molecule has 0 aliphatic rings. The summed E-state index contributed by atoms with van der Waals surface area (Å²) in [6.07, 6.45) is 1.11. The van der Waals surface area contributed by atoms with Gasteiger partial charge in [0.1, 0.15) is 11.3 Å². The molecule has 1 aromatic heterocycles. The summed E-state index contributed by atoms with van der Waals surface area (Å²) in [4.78, 5) is 0. The third-order valence-electron chi connectivity index (χ3n) is 3.50. The lowest BCUT2D eigenvalue weighted by Gasteiger charge is -2.07. The molecule has 2 nitrogen and oxygen atoms in total. The van der Waals surface area contributed by atoms with Crippen LogP contribution in [0.1, 0.15) is 18.9 Å². The van der Waals surface area contributed by atoms with E-state index in [2.05, 4.69) is 30.4 Å². The van der Waals surface area contributed by atoms with E-state index in [0.29, 0.717) is 0 Å². The molecule has 0 saturated heterocycles. The van der Waals surface area contributed by atoms with Crippen LogP contribution in [0.3, 0.4) is 0 Å². The molecule has 0 spiro atoms. The molecule has 0 bridgehead atoms. The second-order valence-corrected chi connectivity index (χ2v) is 5.54. The minimum atomic E-state index is 0.779. The summed E-state index contributed by atoms with van der Waals surface area (Å²) in [5, 5.41) is 5.29. The Morgan fingerprint density at radius 1 is 1.10 bits per heavy atom. The van der Waals surface area contributed by atoms with E-state index in [-0.39, 0.29) is 0 Å². The first-order valence-corrected chi connectivity index (χ1v) is 7.64. The number of furan rings is 1. The molecule has 3 heteroatoms. The Hall–Kier alpha value is -1.77. The summed E-state index contributed by atoms with van der Waals surface area (Å²) >= 11 is 6.27. The Balaban J connectivity index is 1.92. The van der Waals surface area contributed by atoms with Crippen LogP contribution >= 0.6 is 11.6 Å². The highest BCUT2D eigenvalue weighted by Crippen LogP contribution is 2.30.